The van der Waals surface area contributed by atoms with Gasteiger partial charge in [0, 0.05) is 6.54 Å². The zero-order chi connectivity index (χ0) is 15.1. The van der Waals surface area contributed by atoms with E-state index in [0.29, 0.717) is 31.3 Å². The highest BCUT2D eigenvalue weighted by molar-refractivity contribution is 5.27. The molecule has 1 heterocycles. The number of aliphatic hydroxyl groups is 1. The van der Waals surface area contributed by atoms with Crippen molar-refractivity contribution in [3.8, 4) is 0 Å². The topological polar surface area (TPSA) is 62.4 Å². The van der Waals surface area contributed by atoms with E-state index in [1.807, 2.05) is 12.1 Å². The van der Waals surface area contributed by atoms with E-state index < -0.39 is 0 Å². The van der Waals surface area contributed by atoms with E-state index in [1.54, 1.807) is 0 Å². The summed E-state index contributed by atoms with van der Waals surface area (Å²) < 4.78 is 5.72. The van der Waals surface area contributed by atoms with Gasteiger partial charge >= 0.3 is 0 Å². The second-order valence-electron chi connectivity index (χ2n) is 5.19. The smallest absolute Gasteiger partial charge is 0.230 e. The van der Waals surface area contributed by atoms with Crippen LogP contribution in [0.3, 0.4) is 0 Å². The predicted octanol–water partition coefficient (Wildman–Crippen LogP) is 2.17. The summed E-state index contributed by atoms with van der Waals surface area (Å²) in [6.45, 7) is 6.47. The lowest BCUT2D eigenvalue weighted by atomic mass is 10.1. The summed E-state index contributed by atoms with van der Waals surface area (Å²) in [5.74, 6) is 1.25. The lowest BCUT2D eigenvalue weighted by molar-refractivity contribution is 0.178. The van der Waals surface area contributed by atoms with Crippen LogP contribution >= 0.6 is 0 Å². The summed E-state index contributed by atoms with van der Waals surface area (Å²) in [7, 11) is 0. The maximum absolute atomic E-state index is 9.06. The minimum absolute atomic E-state index is 0.143. The van der Waals surface area contributed by atoms with E-state index in [1.165, 1.54) is 11.1 Å². The van der Waals surface area contributed by atoms with E-state index >= 15 is 0 Å². The molecule has 114 valence electrons. The van der Waals surface area contributed by atoms with Gasteiger partial charge in [-0.25, -0.2) is 0 Å². The lowest BCUT2D eigenvalue weighted by Crippen LogP contribution is -2.27. The monoisotopic (exact) mass is 289 g/mol. The van der Waals surface area contributed by atoms with E-state index in [0.717, 1.165) is 13.0 Å². The van der Waals surface area contributed by atoms with Crippen LogP contribution in [0.5, 0.6) is 0 Å². The largest absolute Gasteiger partial charge is 0.424 e. The normalized spacial score (nSPS) is 11.2. The first-order valence-corrected chi connectivity index (χ1v) is 7.42. The summed E-state index contributed by atoms with van der Waals surface area (Å²) >= 11 is 0. The highest BCUT2D eigenvalue weighted by Crippen LogP contribution is 2.13. The van der Waals surface area contributed by atoms with Gasteiger partial charge in [0.2, 0.25) is 11.8 Å². The SMILES string of the molecule is CCCN(CCO)Cc1nnc(Cc2ccccc2C)o1. The van der Waals surface area contributed by atoms with E-state index in [4.69, 9.17) is 9.52 Å². The second-order valence-corrected chi connectivity index (χ2v) is 5.19. The molecule has 2 aromatic rings. The molecule has 5 heteroatoms. The third-order valence-electron chi connectivity index (χ3n) is 3.43. The zero-order valence-electron chi connectivity index (χ0n) is 12.7. The fraction of sp³-hybridized carbons (Fsp3) is 0.500. The number of hydrogen-bond donors (Lipinski definition) is 1. The Balaban J connectivity index is 1.99. The summed E-state index contributed by atoms with van der Waals surface area (Å²) in [4.78, 5) is 2.12. The van der Waals surface area contributed by atoms with Gasteiger partial charge in [0.25, 0.3) is 0 Å². The van der Waals surface area contributed by atoms with Crippen LogP contribution in [-0.4, -0.2) is 39.9 Å². The Hall–Kier alpha value is -1.72. The number of aliphatic hydroxyl groups excluding tert-OH is 1. The highest BCUT2D eigenvalue weighted by atomic mass is 16.4. The van der Waals surface area contributed by atoms with Gasteiger partial charge in [-0.1, -0.05) is 31.2 Å². The molecular weight excluding hydrogens is 266 g/mol. The molecule has 0 spiro atoms. The quantitative estimate of drug-likeness (QED) is 0.807. The van der Waals surface area contributed by atoms with Crippen molar-refractivity contribution >= 4 is 0 Å². The highest BCUT2D eigenvalue weighted by Gasteiger charge is 2.12. The van der Waals surface area contributed by atoms with Crippen molar-refractivity contribution in [1.29, 1.82) is 0 Å². The molecule has 21 heavy (non-hydrogen) atoms. The molecule has 1 N–H and O–H groups in total. The molecule has 0 unspecified atom stereocenters. The van der Waals surface area contributed by atoms with Gasteiger partial charge in [-0.2, -0.15) is 0 Å². The lowest BCUT2D eigenvalue weighted by Gasteiger charge is -2.17. The van der Waals surface area contributed by atoms with Gasteiger partial charge in [0.1, 0.15) is 0 Å². The third-order valence-corrected chi connectivity index (χ3v) is 3.43. The molecule has 0 aliphatic heterocycles. The Labute approximate surface area is 125 Å². The molecule has 0 fully saturated rings. The molecule has 0 saturated heterocycles. The molecule has 0 amide bonds. The predicted molar refractivity (Wildman–Crippen MR) is 80.9 cm³/mol. The number of aromatic nitrogens is 2. The van der Waals surface area contributed by atoms with Crippen LogP contribution in [0.1, 0.15) is 36.3 Å². The van der Waals surface area contributed by atoms with Crippen LogP contribution in [0.2, 0.25) is 0 Å². The Morgan fingerprint density at radius 2 is 1.90 bits per heavy atom. The third kappa shape index (κ3) is 4.65. The molecule has 2 rings (SSSR count). The molecule has 0 radical (unpaired) electrons. The summed E-state index contributed by atoms with van der Waals surface area (Å²) in [5.41, 5.74) is 2.43. The van der Waals surface area contributed by atoms with Gasteiger partial charge in [-0.3, -0.25) is 4.90 Å². The first-order valence-electron chi connectivity index (χ1n) is 7.42. The number of aryl methyl sites for hydroxylation is 1. The van der Waals surface area contributed by atoms with E-state index in [-0.39, 0.29) is 6.61 Å². The van der Waals surface area contributed by atoms with Gasteiger partial charge in [-0.15, -0.1) is 10.2 Å². The number of benzene rings is 1. The Kier molecular flexibility index (Phi) is 5.90. The number of hydrogen-bond acceptors (Lipinski definition) is 5. The summed E-state index contributed by atoms with van der Waals surface area (Å²) in [6, 6.07) is 8.20. The maximum Gasteiger partial charge on any atom is 0.230 e. The standard InChI is InChI=1S/C16H23N3O2/c1-3-8-19(9-10-20)12-16-18-17-15(21-16)11-14-7-5-4-6-13(14)2/h4-7,20H,3,8-12H2,1-2H3. The van der Waals surface area contributed by atoms with Crippen molar-refractivity contribution in [1.82, 2.24) is 15.1 Å². The minimum Gasteiger partial charge on any atom is -0.424 e. The number of rotatable bonds is 8. The molecule has 0 atom stereocenters. The molecule has 0 saturated carbocycles. The van der Waals surface area contributed by atoms with Gasteiger partial charge in [0.05, 0.1) is 19.6 Å². The molecule has 0 bridgehead atoms. The van der Waals surface area contributed by atoms with Crippen molar-refractivity contribution < 1.29 is 9.52 Å². The van der Waals surface area contributed by atoms with Crippen LogP contribution < -0.4 is 0 Å². The van der Waals surface area contributed by atoms with E-state index in [9.17, 15) is 0 Å². The Bertz CT molecular complexity index is 548. The average molecular weight is 289 g/mol. The Morgan fingerprint density at radius 1 is 1.14 bits per heavy atom. The van der Waals surface area contributed by atoms with Crippen LogP contribution in [0, 0.1) is 6.92 Å². The van der Waals surface area contributed by atoms with E-state index in [2.05, 4.69) is 41.1 Å². The maximum atomic E-state index is 9.06. The zero-order valence-corrected chi connectivity index (χ0v) is 12.7. The van der Waals surface area contributed by atoms with Gasteiger partial charge in [-0.05, 0) is 31.0 Å². The van der Waals surface area contributed by atoms with Crippen molar-refractivity contribution in [2.75, 3.05) is 19.7 Å². The molecule has 1 aromatic heterocycles. The van der Waals surface area contributed by atoms with Crippen molar-refractivity contribution in [3.63, 3.8) is 0 Å². The van der Waals surface area contributed by atoms with Crippen LogP contribution in [0.25, 0.3) is 0 Å². The van der Waals surface area contributed by atoms with Gasteiger partial charge in [0.15, 0.2) is 0 Å². The molecule has 0 aliphatic carbocycles. The molecule has 0 aliphatic rings. The molecule has 1 aromatic carbocycles. The summed E-state index contributed by atoms with van der Waals surface area (Å²) in [6.07, 6.45) is 1.69. The first-order chi connectivity index (χ1) is 10.2. The fourth-order valence-electron chi connectivity index (χ4n) is 2.31. The van der Waals surface area contributed by atoms with Crippen LogP contribution in [0.15, 0.2) is 28.7 Å². The van der Waals surface area contributed by atoms with Crippen LogP contribution in [0.4, 0.5) is 0 Å². The molecule has 5 nitrogen and oxygen atoms in total. The molecular formula is C16H23N3O2. The fourth-order valence-corrected chi connectivity index (χ4v) is 2.31. The average Bonchev–Trinajstić information content (AvgIpc) is 2.89. The van der Waals surface area contributed by atoms with Crippen LogP contribution in [-0.2, 0) is 13.0 Å². The number of nitrogens with zero attached hydrogens (tertiary/aromatic N) is 3. The van der Waals surface area contributed by atoms with Crippen molar-refractivity contribution in [3.05, 3.63) is 47.2 Å². The second kappa shape index (κ2) is 7.90. The van der Waals surface area contributed by atoms with Crippen molar-refractivity contribution in [2.24, 2.45) is 0 Å². The summed E-state index contributed by atoms with van der Waals surface area (Å²) in [5, 5.41) is 17.3. The first kappa shape index (κ1) is 15.7. The van der Waals surface area contributed by atoms with Crippen molar-refractivity contribution in [2.45, 2.75) is 33.2 Å². The Morgan fingerprint density at radius 3 is 2.62 bits per heavy atom. The minimum atomic E-state index is 0.143. The van der Waals surface area contributed by atoms with Gasteiger partial charge < -0.3 is 9.52 Å².